The van der Waals surface area contributed by atoms with E-state index < -0.39 is 0 Å². The standard InChI is InChI=1S/C20H19ClN4O3/c21-15-6-4-14(5-7-15)17-13-25(11-12-27-17)19(26)9-8-18-23-20(24-28-18)16-3-1-2-10-22-16/h1-7,10,17H,8-9,11-13H2. The van der Waals surface area contributed by atoms with Crippen LogP contribution < -0.4 is 0 Å². The predicted molar refractivity (Wildman–Crippen MR) is 103 cm³/mol. The van der Waals surface area contributed by atoms with Crippen LogP contribution in [0.25, 0.3) is 11.5 Å². The number of carbonyl (C=O) groups is 1. The first-order valence-corrected chi connectivity index (χ1v) is 9.45. The molecule has 0 spiro atoms. The monoisotopic (exact) mass is 398 g/mol. The highest BCUT2D eigenvalue weighted by Crippen LogP contribution is 2.24. The molecule has 0 bridgehead atoms. The number of nitrogens with zero attached hydrogens (tertiary/aromatic N) is 4. The molecule has 2 aromatic heterocycles. The molecule has 1 fully saturated rings. The van der Waals surface area contributed by atoms with Crippen molar-refractivity contribution in [3.63, 3.8) is 0 Å². The maximum absolute atomic E-state index is 12.6. The van der Waals surface area contributed by atoms with Gasteiger partial charge in [-0.2, -0.15) is 4.98 Å². The van der Waals surface area contributed by atoms with Gasteiger partial charge in [-0.25, -0.2) is 0 Å². The van der Waals surface area contributed by atoms with E-state index in [1.54, 1.807) is 6.20 Å². The molecule has 8 heteroatoms. The SMILES string of the molecule is O=C(CCc1nc(-c2ccccn2)no1)N1CCOC(c2ccc(Cl)cc2)C1. The van der Waals surface area contributed by atoms with Crippen molar-refractivity contribution in [2.45, 2.75) is 18.9 Å². The number of aromatic nitrogens is 3. The van der Waals surface area contributed by atoms with Gasteiger partial charge in [0.2, 0.25) is 17.6 Å². The molecule has 1 aliphatic rings. The smallest absolute Gasteiger partial charge is 0.227 e. The number of benzene rings is 1. The lowest BCUT2D eigenvalue weighted by Gasteiger charge is -2.33. The number of hydrogen-bond donors (Lipinski definition) is 0. The van der Waals surface area contributed by atoms with Crippen molar-refractivity contribution in [3.8, 4) is 11.5 Å². The summed E-state index contributed by atoms with van der Waals surface area (Å²) in [4.78, 5) is 23.0. The van der Waals surface area contributed by atoms with E-state index in [0.717, 1.165) is 5.56 Å². The van der Waals surface area contributed by atoms with Crippen LogP contribution in [0.15, 0.2) is 53.2 Å². The van der Waals surface area contributed by atoms with Gasteiger partial charge in [0.05, 0.1) is 13.2 Å². The molecule has 28 heavy (non-hydrogen) atoms. The van der Waals surface area contributed by atoms with Crippen molar-refractivity contribution >= 4 is 17.5 Å². The lowest BCUT2D eigenvalue weighted by Crippen LogP contribution is -2.42. The van der Waals surface area contributed by atoms with Crippen LogP contribution in [0.3, 0.4) is 0 Å². The number of amides is 1. The van der Waals surface area contributed by atoms with Gasteiger partial charge in [-0.1, -0.05) is 35.0 Å². The van der Waals surface area contributed by atoms with Crippen LogP contribution in [0.1, 0.15) is 24.0 Å². The zero-order chi connectivity index (χ0) is 19.3. The first kappa shape index (κ1) is 18.6. The van der Waals surface area contributed by atoms with Gasteiger partial charge in [-0.15, -0.1) is 0 Å². The quantitative estimate of drug-likeness (QED) is 0.655. The van der Waals surface area contributed by atoms with Crippen molar-refractivity contribution in [1.82, 2.24) is 20.0 Å². The Labute approximate surface area is 167 Å². The average Bonchev–Trinajstić information content (AvgIpc) is 3.22. The Bertz CT molecular complexity index is 930. The Morgan fingerprint density at radius 1 is 1.21 bits per heavy atom. The summed E-state index contributed by atoms with van der Waals surface area (Å²) in [5.41, 5.74) is 1.65. The summed E-state index contributed by atoms with van der Waals surface area (Å²) >= 11 is 5.94. The van der Waals surface area contributed by atoms with Crippen LogP contribution in [0.2, 0.25) is 5.02 Å². The van der Waals surface area contributed by atoms with Gasteiger partial charge in [-0.3, -0.25) is 9.78 Å². The normalized spacial score (nSPS) is 16.9. The molecule has 0 N–H and O–H groups in total. The van der Waals surface area contributed by atoms with E-state index >= 15 is 0 Å². The van der Waals surface area contributed by atoms with Gasteiger partial charge in [0.15, 0.2) is 0 Å². The number of ether oxygens (including phenoxy) is 1. The van der Waals surface area contributed by atoms with Crippen molar-refractivity contribution in [1.29, 1.82) is 0 Å². The molecule has 0 aliphatic carbocycles. The highest BCUT2D eigenvalue weighted by atomic mass is 35.5. The molecule has 0 saturated carbocycles. The molecule has 1 aromatic carbocycles. The largest absolute Gasteiger partial charge is 0.370 e. The first-order valence-electron chi connectivity index (χ1n) is 9.08. The summed E-state index contributed by atoms with van der Waals surface area (Å²) in [5, 5.41) is 4.61. The van der Waals surface area contributed by atoms with Crippen molar-refractivity contribution < 1.29 is 14.1 Å². The van der Waals surface area contributed by atoms with E-state index in [-0.39, 0.29) is 12.0 Å². The highest BCUT2D eigenvalue weighted by molar-refractivity contribution is 6.30. The van der Waals surface area contributed by atoms with E-state index in [2.05, 4.69) is 15.1 Å². The fourth-order valence-corrected chi connectivity index (χ4v) is 3.21. The molecular formula is C20H19ClN4O3. The summed E-state index contributed by atoms with van der Waals surface area (Å²) in [6, 6.07) is 13.0. The Morgan fingerprint density at radius 3 is 2.86 bits per heavy atom. The number of halogens is 1. The molecule has 144 valence electrons. The summed E-state index contributed by atoms with van der Waals surface area (Å²) in [5.74, 6) is 0.897. The van der Waals surface area contributed by atoms with Crippen LogP contribution in [0.4, 0.5) is 0 Å². The molecule has 4 rings (SSSR count). The topological polar surface area (TPSA) is 81.3 Å². The fraction of sp³-hybridized carbons (Fsp3) is 0.300. The zero-order valence-corrected chi connectivity index (χ0v) is 15.9. The molecule has 1 unspecified atom stereocenters. The minimum atomic E-state index is -0.144. The predicted octanol–water partition coefficient (Wildman–Crippen LogP) is 3.32. The lowest BCUT2D eigenvalue weighted by molar-refractivity contribution is -0.139. The number of aryl methyl sites for hydroxylation is 1. The van der Waals surface area contributed by atoms with E-state index in [4.69, 9.17) is 20.9 Å². The highest BCUT2D eigenvalue weighted by Gasteiger charge is 2.25. The molecule has 3 heterocycles. The third-order valence-corrected chi connectivity index (χ3v) is 4.83. The second kappa shape index (κ2) is 8.50. The van der Waals surface area contributed by atoms with Crippen LogP contribution in [0.5, 0.6) is 0 Å². The Morgan fingerprint density at radius 2 is 2.07 bits per heavy atom. The molecule has 1 amide bonds. The third-order valence-electron chi connectivity index (χ3n) is 4.58. The summed E-state index contributed by atoms with van der Waals surface area (Å²) in [7, 11) is 0. The number of morpholine rings is 1. The maximum atomic E-state index is 12.6. The van der Waals surface area contributed by atoms with Gasteiger partial charge >= 0.3 is 0 Å². The lowest BCUT2D eigenvalue weighted by atomic mass is 10.1. The van der Waals surface area contributed by atoms with E-state index in [1.165, 1.54) is 0 Å². The Hall–Kier alpha value is -2.77. The van der Waals surface area contributed by atoms with Crippen LogP contribution in [-0.4, -0.2) is 45.6 Å². The molecule has 0 radical (unpaired) electrons. The Balaban J connectivity index is 1.33. The second-order valence-corrected chi connectivity index (χ2v) is 6.91. The van der Waals surface area contributed by atoms with Crippen LogP contribution >= 0.6 is 11.6 Å². The summed E-state index contributed by atoms with van der Waals surface area (Å²) < 4.78 is 11.1. The van der Waals surface area contributed by atoms with Crippen LogP contribution in [0, 0.1) is 0 Å². The first-order chi connectivity index (χ1) is 13.7. The summed E-state index contributed by atoms with van der Waals surface area (Å²) in [6.45, 7) is 1.60. The van der Waals surface area contributed by atoms with E-state index in [9.17, 15) is 4.79 Å². The van der Waals surface area contributed by atoms with Crippen molar-refractivity contribution in [2.75, 3.05) is 19.7 Å². The van der Waals surface area contributed by atoms with Crippen molar-refractivity contribution in [3.05, 3.63) is 65.1 Å². The summed E-state index contributed by atoms with van der Waals surface area (Å²) in [6.07, 6.45) is 2.22. The molecule has 1 aliphatic heterocycles. The number of carbonyl (C=O) groups excluding carboxylic acids is 1. The Kier molecular flexibility index (Phi) is 5.64. The van der Waals surface area contributed by atoms with Gasteiger partial charge in [0, 0.05) is 30.6 Å². The molecule has 1 saturated heterocycles. The van der Waals surface area contributed by atoms with Crippen LogP contribution in [-0.2, 0) is 16.0 Å². The molecule has 7 nitrogen and oxygen atoms in total. The zero-order valence-electron chi connectivity index (χ0n) is 15.1. The minimum absolute atomic E-state index is 0.0415. The fourth-order valence-electron chi connectivity index (χ4n) is 3.08. The van der Waals surface area contributed by atoms with E-state index in [1.807, 2.05) is 47.4 Å². The van der Waals surface area contributed by atoms with Gasteiger partial charge in [0.1, 0.15) is 11.8 Å². The maximum Gasteiger partial charge on any atom is 0.227 e. The van der Waals surface area contributed by atoms with Gasteiger partial charge in [-0.05, 0) is 29.8 Å². The third kappa shape index (κ3) is 4.37. The van der Waals surface area contributed by atoms with Crippen molar-refractivity contribution in [2.24, 2.45) is 0 Å². The molecule has 1 atom stereocenters. The van der Waals surface area contributed by atoms with Gasteiger partial charge in [0.25, 0.3) is 0 Å². The number of rotatable bonds is 5. The van der Waals surface area contributed by atoms with Gasteiger partial charge < -0.3 is 14.2 Å². The number of hydrogen-bond acceptors (Lipinski definition) is 6. The second-order valence-electron chi connectivity index (χ2n) is 6.48. The number of pyridine rings is 1. The minimum Gasteiger partial charge on any atom is -0.370 e. The molecular weight excluding hydrogens is 380 g/mol. The molecule has 3 aromatic rings. The van der Waals surface area contributed by atoms with E-state index in [0.29, 0.717) is 55.0 Å². The average molecular weight is 399 g/mol.